The molecule has 1 heterocycles. The van der Waals surface area contributed by atoms with Crippen LogP contribution in [0.1, 0.15) is 52.4 Å². The molecule has 0 aromatic rings. The second-order valence-corrected chi connectivity index (χ2v) is 7.74. The Hall–Kier alpha value is -0.850. The maximum Gasteiger partial charge on any atom is 0.191 e. The summed E-state index contributed by atoms with van der Waals surface area (Å²) < 4.78 is 5.54. The molecule has 6 heteroatoms. The van der Waals surface area contributed by atoms with Gasteiger partial charge in [-0.25, -0.2) is 0 Å². The number of aliphatic hydroxyl groups is 2. The quantitative estimate of drug-likeness (QED) is 0.414. The van der Waals surface area contributed by atoms with Crippen LogP contribution in [0, 0.1) is 10.8 Å². The smallest absolute Gasteiger partial charge is 0.191 e. The molecule has 3 unspecified atom stereocenters. The lowest BCUT2D eigenvalue weighted by atomic mass is 9.73. The van der Waals surface area contributed by atoms with Crippen molar-refractivity contribution in [3.63, 3.8) is 0 Å². The normalized spacial score (nSPS) is 34.3. The molecule has 1 saturated heterocycles. The van der Waals surface area contributed by atoms with Gasteiger partial charge in [0.2, 0.25) is 0 Å². The molecule has 2 rings (SSSR count). The second-order valence-electron chi connectivity index (χ2n) is 7.74. The van der Waals surface area contributed by atoms with Gasteiger partial charge in [-0.1, -0.05) is 19.8 Å². The molecule has 140 valence electrons. The van der Waals surface area contributed by atoms with Gasteiger partial charge in [-0.2, -0.15) is 0 Å². The largest absolute Gasteiger partial charge is 0.396 e. The van der Waals surface area contributed by atoms with E-state index >= 15 is 0 Å². The maximum atomic E-state index is 10.3. The monoisotopic (exact) mass is 341 g/mol. The second kappa shape index (κ2) is 9.02. The average molecular weight is 341 g/mol. The first-order chi connectivity index (χ1) is 11.5. The van der Waals surface area contributed by atoms with Crippen molar-refractivity contribution in [1.29, 1.82) is 0 Å². The maximum absolute atomic E-state index is 10.3. The standard InChI is InChI=1S/C18H35N3O3/c1-3-19-16(20-12-17(2)7-5-4-6-15(17)23)21-13-18(8-10-22)9-11-24-14-18/h15,22-23H,3-14H2,1-2H3,(H2,19,20,21). The zero-order valence-electron chi connectivity index (χ0n) is 15.3. The van der Waals surface area contributed by atoms with Crippen molar-refractivity contribution in [3.05, 3.63) is 0 Å². The van der Waals surface area contributed by atoms with Gasteiger partial charge in [0, 0.05) is 37.1 Å². The van der Waals surface area contributed by atoms with E-state index in [1.165, 1.54) is 6.42 Å². The fourth-order valence-corrected chi connectivity index (χ4v) is 3.75. The van der Waals surface area contributed by atoms with Crippen LogP contribution in [-0.4, -0.2) is 61.7 Å². The van der Waals surface area contributed by atoms with Crippen molar-refractivity contribution in [3.8, 4) is 0 Å². The number of guanidine groups is 1. The van der Waals surface area contributed by atoms with Crippen LogP contribution in [0.5, 0.6) is 0 Å². The lowest BCUT2D eigenvalue weighted by Gasteiger charge is -2.39. The Balaban J connectivity index is 1.95. The summed E-state index contributed by atoms with van der Waals surface area (Å²) >= 11 is 0. The predicted octanol–water partition coefficient (Wildman–Crippen LogP) is 1.27. The van der Waals surface area contributed by atoms with Crippen molar-refractivity contribution >= 4 is 5.96 Å². The first kappa shape index (κ1) is 19.5. The topological polar surface area (TPSA) is 86.1 Å². The van der Waals surface area contributed by atoms with Crippen LogP contribution in [0.2, 0.25) is 0 Å². The van der Waals surface area contributed by atoms with Gasteiger partial charge in [-0.05, 0) is 32.6 Å². The highest BCUT2D eigenvalue weighted by atomic mass is 16.5. The zero-order chi connectivity index (χ0) is 17.5. The number of nitrogens with one attached hydrogen (secondary N) is 2. The Morgan fingerprint density at radius 2 is 2.12 bits per heavy atom. The third-order valence-corrected chi connectivity index (χ3v) is 5.68. The van der Waals surface area contributed by atoms with Gasteiger partial charge in [-0.15, -0.1) is 0 Å². The van der Waals surface area contributed by atoms with Gasteiger partial charge in [-0.3, -0.25) is 4.99 Å². The van der Waals surface area contributed by atoms with Gasteiger partial charge in [0.05, 0.1) is 19.3 Å². The summed E-state index contributed by atoms with van der Waals surface area (Å²) in [5.41, 5.74) is -0.126. The third kappa shape index (κ3) is 5.07. The molecule has 1 saturated carbocycles. The molecule has 24 heavy (non-hydrogen) atoms. The number of hydrogen-bond donors (Lipinski definition) is 4. The summed E-state index contributed by atoms with van der Waals surface area (Å²) in [4.78, 5) is 4.75. The lowest BCUT2D eigenvalue weighted by molar-refractivity contribution is 0.00396. The molecule has 0 spiro atoms. The van der Waals surface area contributed by atoms with Crippen LogP contribution < -0.4 is 10.6 Å². The van der Waals surface area contributed by atoms with Crippen LogP contribution in [-0.2, 0) is 4.74 Å². The Kier molecular flexibility index (Phi) is 7.32. The summed E-state index contributed by atoms with van der Waals surface area (Å²) in [6.07, 6.45) is 5.67. The van der Waals surface area contributed by atoms with Gasteiger partial charge in [0.15, 0.2) is 5.96 Å². The van der Waals surface area contributed by atoms with E-state index in [4.69, 9.17) is 9.73 Å². The minimum absolute atomic E-state index is 0.0364. The molecule has 1 aliphatic heterocycles. The first-order valence-electron chi connectivity index (χ1n) is 9.42. The van der Waals surface area contributed by atoms with E-state index in [9.17, 15) is 10.2 Å². The van der Waals surface area contributed by atoms with Crippen molar-refractivity contribution in [1.82, 2.24) is 10.6 Å². The summed E-state index contributed by atoms with van der Waals surface area (Å²) in [6, 6.07) is 0. The number of aliphatic hydroxyl groups excluding tert-OH is 2. The summed E-state index contributed by atoms with van der Waals surface area (Å²) in [7, 11) is 0. The van der Waals surface area contributed by atoms with E-state index < -0.39 is 0 Å². The fourth-order valence-electron chi connectivity index (χ4n) is 3.75. The molecule has 1 aliphatic carbocycles. The summed E-state index contributed by atoms with van der Waals surface area (Å²) in [5, 5.41) is 26.4. The Morgan fingerprint density at radius 1 is 1.29 bits per heavy atom. The molecule has 0 aromatic carbocycles. The molecular weight excluding hydrogens is 306 g/mol. The summed E-state index contributed by atoms with van der Waals surface area (Å²) in [5.74, 6) is 0.792. The van der Waals surface area contributed by atoms with Crippen LogP contribution in [0.4, 0.5) is 0 Å². The first-order valence-corrected chi connectivity index (χ1v) is 9.42. The average Bonchev–Trinajstić information content (AvgIpc) is 3.02. The highest BCUT2D eigenvalue weighted by Crippen LogP contribution is 2.35. The molecule has 3 atom stereocenters. The zero-order valence-corrected chi connectivity index (χ0v) is 15.3. The highest BCUT2D eigenvalue weighted by molar-refractivity contribution is 5.79. The minimum Gasteiger partial charge on any atom is -0.396 e. The molecular formula is C18H35N3O3. The van der Waals surface area contributed by atoms with E-state index in [0.717, 1.165) is 57.8 Å². The van der Waals surface area contributed by atoms with E-state index in [2.05, 4.69) is 24.5 Å². The van der Waals surface area contributed by atoms with Crippen molar-refractivity contribution < 1.29 is 14.9 Å². The van der Waals surface area contributed by atoms with Crippen LogP contribution in [0.3, 0.4) is 0 Å². The summed E-state index contributed by atoms with van der Waals surface area (Å²) in [6.45, 7) is 7.99. The lowest BCUT2D eigenvalue weighted by Crippen LogP contribution is -2.48. The van der Waals surface area contributed by atoms with Crippen LogP contribution in [0.25, 0.3) is 0 Å². The Morgan fingerprint density at radius 3 is 2.75 bits per heavy atom. The molecule has 0 radical (unpaired) electrons. The van der Waals surface area contributed by atoms with E-state index in [-0.39, 0.29) is 23.5 Å². The van der Waals surface area contributed by atoms with Crippen molar-refractivity contribution in [2.75, 3.05) is 39.5 Å². The Labute approximate surface area is 146 Å². The van der Waals surface area contributed by atoms with Gasteiger partial charge in [0.25, 0.3) is 0 Å². The van der Waals surface area contributed by atoms with E-state index in [1.54, 1.807) is 0 Å². The molecule has 0 bridgehead atoms. The van der Waals surface area contributed by atoms with Crippen LogP contribution in [0.15, 0.2) is 4.99 Å². The third-order valence-electron chi connectivity index (χ3n) is 5.68. The van der Waals surface area contributed by atoms with Gasteiger partial charge in [0.1, 0.15) is 0 Å². The van der Waals surface area contributed by atoms with Gasteiger partial charge < -0.3 is 25.6 Å². The highest BCUT2D eigenvalue weighted by Gasteiger charge is 2.36. The molecule has 0 amide bonds. The van der Waals surface area contributed by atoms with Crippen LogP contribution >= 0.6 is 0 Å². The number of aliphatic imine (C=N–C) groups is 1. The van der Waals surface area contributed by atoms with Gasteiger partial charge >= 0.3 is 0 Å². The Bertz CT molecular complexity index is 410. The van der Waals surface area contributed by atoms with E-state index in [1.807, 2.05) is 0 Å². The number of hydrogen-bond acceptors (Lipinski definition) is 4. The fraction of sp³-hybridized carbons (Fsp3) is 0.944. The van der Waals surface area contributed by atoms with E-state index in [0.29, 0.717) is 13.2 Å². The van der Waals surface area contributed by atoms with Crippen molar-refractivity contribution in [2.24, 2.45) is 15.8 Å². The molecule has 6 nitrogen and oxygen atoms in total. The van der Waals surface area contributed by atoms with Crippen molar-refractivity contribution in [2.45, 2.75) is 58.5 Å². The number of nitrogens with zero attached hydrogens (tertiary/aromatic N) is 1. The number of rotatable bonds is 7. The predicted molar refractivity (Wildman–Crippen MR) is 96.1 cm³/mol. The SMILES string of the molecule is CCNC(=NCC1(CCO)CCOC1)NCC1(C)CCCCC1O. The molecule has 2 aliphatic rings. The molecule has 2 fully saturated rings. The minimum atomic E-state index is -0.245. The number of ether oxygens (including phenoxy) is 1. The molecule has 4 N–H and O–H groups in total. The molecule has 0 aromatic heterocycles.